The van der Waals surface area contributed by atoms with Crippen LogP contribution in [0.3, 0.4) is 0 Å². The van der Waals surface area contributed by atoms with Crippen molar-refractivity contribution in [2.75, 3.05) is 0 Å². The standard InChI is InChI=1S/C11H14O2S/c1-3-8(7-11(12)13)10-6-5-9(4-2)14-10/h5-7H,3-4H2,1-2H3,(H,12,13)/b8-7+. The van der Waals surface area contributed by atoms with Crippen LogP contribution in [-0.4, -0.2) is 11.1 Å². The lowest BCUT2D eigenvalue weighted by Crippen LogP contribution is -1.89. The molecule has 76 valence electrons. The second kappa shape index (κ2) is 4.96. The van der Waals surface area contributed by atoms with E-state index in [1.165, 1.54) is 11.0 Å². The third-order valence-corrected chi connectivity index (χ3v) is 3.31. The highest BCUT2D eigenvalue weighted by atomic mass is 32.1. The molecule has 0 aliphatic carbocycles. The Morgan fingerprint density at radius 1 is 1.50 bits per heavy atom. The van der Waals surface area contributed by atoms with Gasteiger partial charge in [-0.25, -0.2) is 4.79 Å². The van der Waals surface area contributed by atoms with Gasteiger partial charge in [0.1, 0.15) is 0 Å². The van der Waals surface area contributed by atoms with Crippen LogP contribution in [0.4, 0.5) is 0 Å². The van der Waals surface area contributed by atoms with Crippen LogP contribution in [-0.2, 0) is 11.2 Å². The van der Waals surface area contributed by atoms with Crippen LogP contribution in [0.15, 0.2) is 18.2 Å². The Labute approximate surface area is 87.9 Å². The number of carboxylic acids is 1. The Kier molecular flexibility index (Phi) is 3.89. The summed E-state index contributed by atoms with van der Waals surface area (Å²) in [6.07, 6.45) is 3.07. The van der Waals surface area contributed by atoms with Crippen molar-refractivity contribution in [3.05, 3.63) is 28.0 Å². The molecule has 1 rings (SSSR count). The Morgan fingerprint density at radius 3 is 2.64 bits per heavy atom. The normalized spacial score (nSPS) is 11.7. The minimum Gasteiger partial charge on any atom is -0.478 e. The van der Waals surface area contributed by atoms with Gasteiger partial charge in [0.15, 0.2) is 0 Å². The van der Waals surface area contributed by atoms with Crippen LogP contribution in [0.5, 0.6) is 0 Å². The maximum Gasteiger partial charge on any atom is 0.328 e. The van der Waals surface area contributed by atoms with Gasteiger partial charge in [-0.1, -0.05) is 13.8 Å². The predicted octanol–water partition coefficient (Wildman–Crippen LogP) is 3.19. The predicted molar refractivity (Wildman–Crippen MR) is 59.6 cm³/mol. The summed E-state index contributed by atoms with van der Waals surface area (Å²) in [6.45, 7) is 4.07. The first-order valence-electron chi connectivity index (χ1n) is 4.70. The minimum atomic E-state index is -0.867. The zero-order valence-electron chi connectivity index (χ0n) is 8.41. The van der Waals surface area contributed by atoms with E-state index in [2.05, 4.69) is 13.0 Å². The number of carbonyl (C=O) groups is 1. The fraction of sp³-hybridized carbons (Fsp3) is 0.364. The van der Waals surface area contributed by atoms with Crippen LogP contribution in [0.1, 0.15) is 30.0 Å². The number of aliphatic carboxylic acids is 1. The van der Waals surface area contributed by atoms with Crippen LogP contribution >= 0.6 is 11.3 Å². The van der Waals surface area contributed by atoms with Crippen molar-refractivity contribution < 1.29 is 9.90 Å². The second-order valence-corrected chi connectivity index (χ2v) is 4.15. The van der Waals surface area contributed by atoms with E-state index < -0.39 is 5.97 Å². The summed E-state index contributed by atoms with van der Waals surface area (Å²) in [7, 11) is 0. The van der Waals surface area contributed by atoms with Gasteiger partial charge in [0.2, 0.25) is 0 Å². The molecule has 0 saturated heterocycles. The second-order valence-electron chi connectivity index (χ2n) is 2.98. The molecular weight excluding hydrogens is 196 g/mol. The Balaban J connectivity index is 2.95. The molecule has 0 radical (unpaired) electrons. The molecule has 0 aliphatic heterocycles. The number of hydrogen-bond donors (Lipinski definition) is 1. The van der Waals surface area contributed by atoms with E-state index in [1.807, 2.05) is 13.0 Å². The number of aryl methyl sites for hydroxylation is 1. The fourth-order valence-electron chi connectivity index (χ4n) is 1.24. The molecule has 0 saturated carbocycles. The van der Waals surface area contributed by atoms with Gasteiger partial charge >= 0.3 is 5.97 Å². The van der Waals surface area contributed by atoms with Gasteiger partial charge in [-0.15, -0.1) is 11.3 Å². The van der Waals surface area contributed by atoms with E-state index >= 15 is 0 Å². The maximum atomic E-state index is 10.5. The van der Waals surface area contributed by atoms with Crippen molar-refractivity contribution in [2.24, 2.45) is 0 Å². The summed E-state index contributed by atoms with van der Waals surface area (Å²) in [6, 6.07) is 4.06. The summed E-state index contributed by atoms with van der Waals surface area (Å²) in [4.78, 5) is 12.9. The molecule has 14 heavy (non-hydrogen) atoms. The number of carboxylic acid groups (broad SMARTS) is 1. The van der Waals surface area contributed by atoms with E-state index in [0.717, 1.165) is 23.3 Å². The van der Waals surface area contributed by atoms with Crippen molar-refractivity contribution in [1.29, 1.82) is 0 Å². The number of hydrogen-bond acceptors (Lipinski definition) is 2. The largest absolute Gasteiger partial charge is 0.478 e. The lowest BCUT2D eigenvalue weighted by atomic mass is 10.1. The molecule has 0 amide bonds. The summed E-state index contributed by atoms with van der Waals surface area (Å²) >= 11 is 1.68. The minimum absolute atomic E-state index is 0.760. The van der Waals surface area contributed by atoms with E-state index in [9.17, 15) is 4.79 Å². The highest BCUT2D eigenvalue weighted by Crippen LogP contribution is 2.26. The molecular formula is C11H14O2S. The Bertz CT molecular complexity index is 350. The third-order valence-electron chi connectivity index (χ3n) is 2.01. The van der Waals surface area contributed by atoms with Gasteiger partial charge in [-0.05, 0) is 30.5 Å². The number of rotatable bonds is 4. The smallest absolute Gasteiger partial charge is 0.328 e. The highest BCUT2D eigenvalue weighted by Gasteiger charge is 2.04. The third kappa shape index (κ3) is 2.70. The topological polar surface area (TPSA) is 37.3 Å². The van der Waals surface area contributed by atoms with Gasteiger partial charge in [0.05, 0.1) is 0 Å². The molecule has 2 nitrogen and oxygen atoms in total. The van der Waals surface area contributed by atoms with Crippen molar-refractivity contribution in [3.8, 4) is 0 Å². The van der Waals surface area contributed by atoms with Crippen molar-refractivity contribution in [1.82, 2.24) is 0 Å². The molecule has 1 aromatic rings. The first kappa shape index (κ1) is 11.0. The lowest BCUT2D eigenvalue weighted by molar-refractivity contribution is -0.131. The lowest BCUT2D eigenvalue weighted by Gasteiger charge is -1.98. The van der Waals surface area contributed by atoms with Crippen molar-refractivity contribution >= 4 is 22.9 Å². The number of allylic oxidation sites excluding steroid dienone is 1. The fourth-order valence-corrected chi connectivity index (χ4v) is 2.27. The van der Waals surface area contributed by atoms with Crippen LogP contribution < -0.4 is 0 Å². The van der Waals surface area contributed by atoms with E-state index in [-0.39, 0.29) is 0 Å². The molecule has 3 heteroatoms. The van der Waals surface area contributed by atoms with Gasteiger partial charge in [0.25, 0.3) is 0 Å². The summed E-state index contributed by atoms with van der Waals surface area (Å²) in [5, 5.41) is 8.67. The Morgan fingerprint density at radius 2 is 2.21 bits per heavy atom. The van der Waals surface area contributed by atoms with Gasteiger partial charge in [0, 0.05) is 15.8 Å². The van der Waals surface area contributed by atoms with Crippen molar-refractivity contribution in [3.63, 3.8) is 0 Å². The van der Waals surface area contributed by atoms with Gasteiger partial charge < -0.3 is 5.11 Å². The molecule has 0 unspecified atom stereocenters. The van der Waals surface area contributed by atoms with Crippen LogP contribution in [0.2, 0.25) is 0 Å². The van der Waals surface area contributed by atoms with E-state index in [1.54, 1.807) is 11.3 Å². The average molecular weight is 210 g/mol. The van der Waals surface area contributed by atoms with Crippen molar-refractivity contribution in [2.45, 2.75) is 26.7 Å². The molecule has 1 heterocycles. The molecule has 1 aromatic heterocycles. The average Bonchev–Trinajstić information content (AvgIpc) is 2.62. The molecule has 0 atom stereocenters. The molecule has 0 aromatic carbocycles. The van der Waals surface area contributed by atoms with Crippen LogP contribution in [0, 0.1) is 0 Å². The first-order chi connectivity index (χ1) is 6.67. The number of thiophene rings is 1. The SMILES string of the molecule is CC/C(=C\C(=O)O)c1ccc(CC)s1. The molecule has 0 bridgehead atoms. The van der Waals surface area contributed by atoms with Gasteiger partial charge in [-0.3, -0.25) is 0 Å². The van der Waals surface area contributed by atoms with Gasteiger partial charge in [-0.2, -0.15) is 0 Å². The zero-order valence-corrected chi connectivity index (χ0v) is 9.23. The Hall–Kier alpha value is -1.09. The summed E-state index contributed by atoms with van der Waals surface area (Å²) in [5.74, 6) is -0.867. The maximum absolute atomic E-state index is 10.5. The quantitative estimate of drug-likeness (QED) is 0.775. The first-order valence-corrected chi connectivity index (χ1v) is 5.51. The molecule has 0 spiro atoms. The monoisotopic (exact) mass is 210 g/mol. The highest BCUT2D eigenvalue weighted by molar-refractivity contribution is 7.13. The zero-order chi connectivity index (χ0) is 10.6. The molecule has 0 aliphatic rings. The molecule has 1 N–H and O–H groups in total. The van der Waals surface area contributed by atoms with E-state index in [0.29, 0.717) is 0 Å². The molecule has 0 fully saturated rings. The van der Waals surface area contributed by atoms with Crippen LogP contribution in [0.25, 0.3) is 5.57 Å². The summed E-state index contributed by atoms with van der Waals surface area (Å²) in [5.41, 5.74) is 0.905. The summed E-state index contributed by atoms with van der Waals surface area (Å²) < 4.78 is 0. The van der Waals surface area contributed by atoms with E-state index in [4.69, 9.17) is 5.11 Å².